The monoisotopic (exact) mass is 1480 g/mol. The minimum atomic E-state index is -0.980. The molecule has 1 aliphatic rings. The number of aliphatic carboxylic acids is 1. The predicted octanol–water partition coefficient (Wildman–Crippen LogP) is 18.7. The molecule has 0 bridgehead atoms. The third-order valence-electron chi connectivity index (χ3n) is 19.1. The van der Waals surface area contributed by atoms with E-state index in [-0.39, 0.29) is 32.2 Å². The van der Waals surface area contributed by atoms with Crippen LogP contribution in [0.5, 0.6) is 0 Å². The van der Waals surface area contributed by atoms with Crippen molar-refractivity contribution < 1.29 is 38.3 Å². The molecule has 0 radical (unpaired) electrons. The number of aromatic amines is 1. The number of rotatable bonds is 33. The van der Waals surface area contributed by atoms with Crippen LogP contribution >= 0.6 is 24.0 Å². The van der Waals surface area contributed by atoms with E-state index in [1.165, 1.54) is 127 Å². The van der Waals surface area contributed by atoms with Gasteiger partial charge in [-0.3, -0.25) is 14.2 Å². The van der Waals surface area contributed by atoms with Crippen LogP contribution in [0.2, 0.25) is 6.32 Å². The smallest absolute Gasteiger partial charge is 0.347 e. The van der Waals surface area contributed by atoms with Crippen molar-refractivity contribution in [2.45, 2.75) is 117 Å². The van der Waals surface area contributed by atoms with Crippen molar-refractivity contribution in [2.75, 3.05) is 88.7 Å². The van der Waals surface area contributed by atoms with E-state index < -0.39 is 18.1 Å². The van der Waals surface area contributed by atoms with Crippen LogP contribution < -0.4 is 26.6 Å². The number of H-pyrrole nitrogens is 1. The second-order valence-corrected chi connectivity index (χ2v) is 28.1. The second-order valence-electron chi connectivity index (χ2n) is 26.8. The zero-order valence-corrected chi connectivity index (χ0v) is 65.5. The maximum Gasteiger partial charge on any atom is 0.347 e. The molecule has 0 unspecified atom stereocenters. The Labute approximate surface area is 646 Å². The number of amidine groups is 1. The standard InChI is InChI=1S/C23H26N2O4S.C22H24B.C16H16N2O3.C16H36N.C13H10N2S/c1-3-18-4-6-19(7-5-18)16-28-22(26)17-29-24-23(25-12-14-27-15-13-25)20-8-10-21(30-2)11-9-20;1-2-3-19-23(20-13-7-4-8-14-20,21-15-9-5-10-16-21)22-17-11-6-12-18-22;19-15(17-13-7-3-1-4-8-13)11-18(12-16(20)21)14-9-5-2-6-10-14;1-5-9-13-17(14-10-6-2,15-11-7-3)16-12-8-4;16-13-14-11-8-4-5-9-12(11)15(13)10-6-2-1-3-7-10/h3-11H,1,12-17H2,2H3;4-18H,2-3,19H2,1H3;1-10H,11-12H2,(H,17,19)(H,20,21);5-16H2,1-4H3;1-9H,(H,14,16)/q;-1;;+1;/b24-23-;;;;. The summed E-state index contributed by atoms with van der Waals surface area (Å²) in [7, 11) is 0. The molecule has 1 aliphatic heterocycles. The van der Waals surface area contributed by atoms with Crippen LogP contribution in [0.3, 0.4) is 0 Å². The first-order chi connectivity index (χ1) is 52.3. The first-order valence-electron chi connectivity index (χ1n) is 38.2. The van der Waals surface area contributed by atoms with Crippen molar-refractivity contribution >= 4 is 98.7 Å². The third-order valence-corrected chi connectivity index (χ3v) is 20.1. The summed E-state index contributed by atoms with van der Waals surface area (Å²) in [4.78, 5) is 48.4. The number of oxime groups is 1. The molecule has 564 valence electrons. The van der Waals surface area contributed by atoms with Gasteiger partial charge in [-0.2, -0.15) is 22.7 Å². The first kappa shape index (κ1) is 84.5. The molecule has 0 spiro atoms. The molecule has 11 rings (SSSR count). The average Bonchev–Trinajstić information content (AvgIpc) is 0.944. The highest BCUT2D eigenvalue weighted by Gasteiger charge is 2.29. The summed E-state index contributed by atoms with van der Waals surface area (Å²) in [5.74, 6) is -1.01. The van der Waals surface area contributed by atoms with Crippen LogP contribution in [-0.4, -0.2) is 132 Å². The lowest BCUT2D eigenvalue weighted by Crippen LogP contribution is -2.66. The zero-order valence-electron chi connectivity index (χ0n) is 63.8. The fourth-order valence-corrected chi connectivity index (χ4v) is 14.0. The van der Waals surface area contributed by atoms with Gasteiger partial charge in [-0.05, 0) is 116 Å². The summed E-state index contributed by atoms with van der Waals surface area (Å²) in [6.45, 7) is 23.4. The van der Waals surface area contributed by atoms with Crippen molar-refractivity contribution in [2.24, 2.45) is 5.16 Å². The molecule has 1 fully saturated rings. The maximum absolute atomic E-state index is 12.0. The molecular weight excluding hydrogens is 1370 g/mol. The Kier molecular flexibility index (Phi) is 37.7. The molecule has 3 N–H and O–H groups in total. The number of carbonyl (C=O) groups is 3. The Bertz CT molecular complexity index is 4090. The highest BCUT2D eigenvalue weighted by molar-refractivity contribution is 7.98. The molecule has 1 saturated heterocycles. The number of amides is 1. The molecule has 17 heteroatoms. The number of nitrogens with one attached hydrogen (secondary N) is 2. The Morgan fingerprint density at radius 3 is 1.58 bits per heavy atom. The number of hydrogen-bond donors (Lipinski definition) is 3. The quantitative estimate of drug-likeness (QED) is 0.00527. The Hall–Kier alpha value is -9.78. The van der Waals surface area contributed by atoms with E-state index in [1.54, 1.807) is 54.2 Å². The molecule has 9 aromatic carbocycles. The number of nitrogens with zero attached hydrogens (tertiary/aromatic N) is 5. The third kappa shape index (κ3) is 27.8. The van der Waals surface area contributed by atoms with Gasteiger partial charge in [-0.1, -0.05) is 285 Å². The summed E-state index contributed by atoms with van der Waals surface area (Å²) in [6.07, 6.45) is 17.6. The number of ether oxygens (including phenoxy) is 2. The highest BCUT2D eigenvalue weighted by Crippen LogP contribution is 2.23. The van der Waals surface area contributed by atoms with Crippen LogP contribution in [0.4, 0.5) is 11.4 Å². The van der Waals surface area contributed by atoms with Crippen molar-refractivity contribution in [3.05, 3.63) is 283 Å². The highest BCUT2D eigenvalue weighted by atomic mass is 32.2. The van der Waals surface area contributed by atoms with E-state index >= 15 is 0 Å². The maximum atomic E-state index is 12.0. The molecule has 0 aliphatic carbocycles. The number of imidazole rings is 1. The van der Waals surface area contributed by atoms with Crippen molar-refractivity contribution in [3.8, 4) is 5.69 Å². The molecule has 0 atom stereocenters. The lowest BCUT2D eigenvalue weighted by molar-refractivity contribution is -0.929. The van der Waals surface area contributed by atoms with Gasteiger partial charge < -0.3 is 44.0 Å². The predicted molar refractivity (Wildman–Crippen MR) is 452 cm³/mol. The lowest BCUT2D eigenvalue weighted by Gasteiger charge is -2.43. The summed E-state index contributed by atoms with van der Waals surface area (Å²) < 4.78 is 14.9. The van der Waals surface area contributed by atoms with E-state index in [2.05, 4.69) is 171 Å². The van der Waals surface area contributed by atoms with Gasteiger partial charge in [0.15, 0.2) is 10.6 Å². The molecule has 2 heterocycles. The van der Waals surface area contributed by atoms with Gasteiger partial charge in [0.25, 0.3) is 0 Å². The number of unbranched alkanes of at least 4 members (excludes halogenated alkanes) is 5. The largest absolute Gasteiger partial charge is 0.480 e. The van der Waals surface area contributed by atoms with E-state index in [0.717, 1.165) is 51.3 Å². The summed E-state index contributed by atoms with van der Waals surface area (Å²) in [6, 6.07) is 85.2. The van der Waals surface area contributed by atoms with Gasteiger partial charge in [0.2, 0.25) is 12.5 Å². The molecule has 14 nitrogen and oxygen atoms in total. The minimum absolute atomic E-state index is 0.0226. The van der Waals surface area contributed by atoms with E-state index in [1.807, 2.05) is 120 Å². The number of benzene rings is 9. The Balaban J connectivity index is 0.000000190. The lowest BCUT2D eigenvalue weighted by atomic mass is 9.14. The number of morpholine rings is 1. The summed E-state index contributed by atoms with van der Waals surface area (Å²) in [5, 5.41) is 16.0. The topological polar surface area (TPSA) is 151 Å². The van der Waals surface area contributed by atoms with Gasteiger partial charge >= 0.3 is 11.9 Å². The number of thioether (sulfide) groups is 1. The summed E-state index contributed by atoms with van der Waals surface area (Å²) >= 11 is 7.02. The van der Waals surface area contributed by atoms with Crippen LogP contribution in [0.1, 0.15) is 116 Å². The van der Waals surface area contributed by atoms with Crippen molar-refractivity contribution in [1.29, 1.82) is 0 Å². The second kappa shape index (κ2) is 47.7. The van der Waals surface area contributed by atoms with Crippen LogP contribution in [0.15, 0.2) is 271 Å². The number of esters is 1. The van der Waals surface area contributed by atoms with Gasteiger partial charge in [0.1, 0.15) is 13.2 Å². The number of quaternary nitrogens is 1. The number of aromatic nitrogens is 2. The average molecular weight is 1480 g/mol. The molecular formula is C90H112BN7O7S2. The van der Waals surface area contributed by atoms with E-state index in [4.69, 9.17) is 31.6 Å². The summed E-state index contributed by atoms with van der Waals surface area (Å²) in [5.41, 5.74) is 11.8. The fraction of sp³-hybridized carbons (Fsp3) is 0.322. The van der Waals surface area contributed by atoms with Crippen LogP contribution in [0, 0.1) is 4.77 Å². The van der Waals surface area contributed by atoms with Gasteiger partial charge in [0.05, 0.1) is 63.1 Å². The number of carbonyl (C=O) groups excluding carboxylic acids is 2. The number of carboxylic acids is 1. The molecule has 1 aromatic heterocycles. The van der Waals surface area contributed by atoms with Crippen molar-refractivity contribution in [1.82, 2.24) is 14.5 Å². The molecule has 107 heavy (non-hydrogen) atoms. The van der Waals surface area contributed by atoms with Crippen LogP contribution in [-0.2, 0) is 35.3 Å². The van der Waals surface area contributed by atoms with Crippen LogP contribution in [0.25, 0.3) is 22.8 Å². The Morgan fingerprint density at radius 2 is 1.09 bits per heavy atom. The Morgan fingerprint density at radius 1 is 0.617 bits per heavy atom. The fourth-order valence-electron chi connectivity index (χ4n) is 13.3. The first-order valence-corrected chi connectivity index (χ1v) is 39.8. The number of para-hydroxylation sites is 5. The SMILES string of the molecule is C=Cc1ccc(COC(=O)CO/N=C(/c2ccc(SC)cc2)N2CCOCC2)cc1.CCCC[B-](c1ccccc1)(c1ccccc1)c1ccccc1.CCCC[N+](CCCC)(CCCC)CCCC.O=C(O)CN(CC(=O)Nc1ccccc1)c1ccccc1.S=c1[nH]c2ccccc2n1-c1ccccc1. The van der Waals surface area contributed by atoms with Gasteiger partial charge in [-0.25, -0.2) is 4.79 Å². The zero-order chi connectivity index (χ0) is 76.2. The molecule has 10 aromatic rings. The van der Waals surface area contributed by atoms with Gasteiger partial charge in [-0.15, -0.1) is 11.8 Å². The van der Waals surface area contributed by atoms with Gasteiger partial charge in [0, 0.05) is 40.6 Å². The number of fused-ring (bicyclic) bond motifs is 1. The minimum Gasteiger partial charge on any atom is -0.480 e. The normalized spacial score (nSPS) is 11.9. The number of anilines is 2. The molecule has 1 amide bonds. The molecule has 0 saturated carbocycles. The van der Waals surface area contributed by atoms with E-state index in [0.29, 0.717) is 30.4 Å². The number of carboxylic acid groups (broad SMARTS) is 1. The van der Waals surface area contributed by atoms with E-state index in [9.17, 15) is 14.4 Å². The van der Waals surface area contributed by atoms with Crippen molar-refractivity contribution in [3.63, 3.8) is 0 Å². The number of hydrogen-bond acceptors (Lipinski definition) is 10.